The van der Waals surface area contributed by atoms with Crippen LogP contribution >= 0.6 is 0 Å². The van der Waals surface area contributed by atoms with Crippen molar-refractivity contribution in [1.82, 2.24) is 19.4 Å². The summed E-state index contributed by atoms with van der Waals surface area (Å²) in [4.78, 5) is 46.0. The smallest absolute Gasteiger partial charge is 0.330 e. The lowest BCUT2D eigenvalue weighted by molar-refractivity contribution is 0.0713. The van der Waals surface area contributed by atoms with Crippen LogP contribution in [-0.4, -0.2) is 38.4 Å². The van der Waals surface area contributed by atoms with Crippen LogP contribution in [0.25, 0.3) is 11.0 Å². The van der Waals surface area contributed by atoms with Crippen LogP contribution in [0.5, 0.6) is 0 Å². The normalized spacial score (nSPS) is 17.6. The number of aromatic amines is 1. The van der Waals surface area contributed by atoms with Crippen LogP contribution in [0.4, 0.5) is 0 Å². The van der Waals surface area contributed by atoms with Crippen LogP contribution < -0.4 is 11.2 Å². The maximum atomic E-state index is 13.0. The van der Waals surface area contributed by atoms with Crippen molar-refractivity contribution in [1.29, 1.82) is 0 Å². The molecule has 3 aromatic rings. The van der Waals surface area contributed by atoms with E-state index in [0.717, 1.165) is 25.7 Å². The Balaban J connectivity index is 1.39. The first kappa shape index (κ1) is 17.8. The SMILES string of the molecule is O=C(c1cnc2c(c1)c(=O)[nH]c(=O)n2C1CC1)N1CCC(c2ccccc2)CC1. The number of carbonyl (C=O) groups is 1. The molecule has 0 unspecified atom stereocenters. The number of H-pyrrole nitrogens is 1. The molecule has 1 aromatic carbocycles. The summed E-state index contributed by atoms with van der Waals surface area (Å²) in [6.45, 7) is 1.35. The molecule has 2 aromatic heterocycles. The molecule has 2 fully saturated rings. The van der Waals surface area contributed by atoms with E-state index >= 15 is 0 Å². The van der Waals surface area contributed by atoms with E-state index in [-0.39, 0.29) is 11.9 Å². The number of nitrogens with one attached hydrogen (secondary N) is 1. The van der Waals surface area contributed by atoms with E-state index in [9.17, 15) is 14.4 Å². The number of piperidine rings is 1. The number of hydrogen-bond acceptors (Lipinski definition) is 4. The number of nitrogens with zero attached hydrogens (tertiary/aromatic N) is 3. The summed E-state index contributed by atoms with van der Waals surface area (Å²) in [5.41, 5.74) is 1.14. The molecular formula is C22H22N4O3. The van der Waals surface area contributed by atoms with Crippen LogP contribution in [0.1, 0.15) is 53.6 Å². The number of carbonyl (C=O) groups excluding carboxylic acids is 1. The standard InChI is InChI=1S/C22H22N4O3/c27-20-18-12-16(13-23-19(18)26(17-6-7-17)22(29)24-20)21(28)25-10-8-15(9-11-25)14-4-2-1-3-5-14/h1-5,12-13,15,17H,6-11H2,(H,24,27,29). The minimum Gasteiger partial charge on any atom is -0.339 e. The highest BCUT2D eigenvalue weighted by Gasteiger charge is 2.29. The van der Waals surface area contributed by atoms with E-state index in [4.69, 9.17) is 0 Å². The molecule has 1 amide bonds. The third-order valence-corrected chi connectivity index (χ3v) is 5.99. The molecule has 1 aliphatic heterocycles. The average Bonchev–Trinajstić information content (AvgIpc) is 3.59. The number of fused-ring (bicyclic) bond motifs is 1. The highest BCUT2D eigenvalue weighted by atomic mass is 16.2. The zero-order chi connectivity index (χ0) is 20.0. The van der Waals surface area contributed by atoms with E-state index in [0.29, 0.717) is 35.6 Å². The number of pyridine rings is 1. The predicted molar refractivity (Wildman–Crippen MR) is 109 cm³/mol. The summed E-state index contributed by atoms with van der Waals surface area (Å²) in [7, 11) is 0. The summed E-state index contributed by atoms with van der Waals surface area (Å²) in [5.74, 6) is 0.347. The Hall–Kier alpha value is -3.22. The molecule has 1 saturated carbocycles. The molecule has 148 valence electrons. The third-order valence-electron chi connectivity index (χ3n) is 5.99. The summed E-state index contributed by atoms with van der Waals surface area (Å²) in [6, 6.07) is 12.1. The number of amides is 1. The fraction of sp³-hybridized carbons (Fsp3) is 0.364. The Morgan fingerprint density at radius 3 is 2.45 bits per heavy atom. The molecule has 7 nitrogen and oxygen atoms in total. The van der Waals surface area contributed by atoms with Gasteiger partial charge in [0.05, 0.1) is 10.9 Å². The van der Waals surface area contributed by atoms with E-state index in [2.05, 4.69) is 22.1 Å². The van der Waals surface area contributed by atoms with Crippen LogP contribution in [-0.2, 0) is 0 Å². The largest absolute Gasteiger partial charge is 0.339 e. The van der Waals surface area contributed by atoms with E-state index < -0.39 is 11.2 Å². The number of benzene rings is 1. The van der Waals surface area contributed by atoms with Gasteiger partial charge in [-0.3, -0.25) is 19.1 Å². The van der Waals surface area contributed by atoms with E-state index in [1.165, 1.54) is 16.3 Å². The molecule has 1 aliphatic carbocycles. The molecule has 0 spiro atoms. The van der Waals surface area contributed by atoms with Gasteiger partial charge >= 0.3 is 5.69 Å². The van der Waals surface area contributed by atoms with Crippen molar-refractivity contribution >= 4 is 16.9 Å². The topological polar surface area (TPSA) is 88.1 Å². The first-order valence-corrected chi connectivity index (χ1v) is 10.1. The van der Waals surface area contributed by atoms with Crippen molar-refractivity contribution in [2.45, 2.75) is 37.6 Å². The maximum absolute atomic E-state index is 13.0. The lowest BCUT2D eigenvalue weighted by Crippen LogP contribution is -2.38. The molecule has 7 heteroatoms. The molecule has 0 atom stereocenters. The summed E-state index contributed by atoms with van der Waals surface area (Å²) < 4.78 is 1.54. The van der Waals surface area contributed by atoms with Crippen LogP contribution in [0.3, 0.4) is 0 Å². The van der Waals surface area contributed by atoms with Crippen molar-refractivity contribution < 1.29 is 4.79 Å². The van der Waals surface area contributed by atoms with Gasteiger partial charge < -0.3 is 4.90 Å². The molecule has 2 aliphatic rings. The summed E-state index contributed by atoms with van der Waals surface area (Å²) >= 11 is 0. The number of rotatable bonds is 3. The van der Waals surface area contributed by atoms with Gasteiger partial charge in [0, 0.05) is 25.3 Å². The van der Waals surface area contributed by atoms with Gasteiger partial charge in [-0.15, -0.1) is 0 Å². The summed E-state index contributed by atoms with van der Waals surface area (Å²) in [6.07, 6.45) is 5.13. The maximum Gasteiger partial charge on any atom is 0.330 e. The molecule has 0 radical (unpaired) electrons. The minimum absolute atomic E-state index is 0.0907. The molecule has 1 N–H and O–H groups in total. The fourth-order valence-electron chi connectivity index (χ4n) is 4.25. The van der Waals surface area contributed by atoms with Crippen molar-refractivity contribution in [2.75, 3.05) is 13.1 Å². The zero-order valence-electron chi connectivity index (χ0n) is 16.0. The van der Waals surface area contributed by atoms with E-state index in [1.807, 2.05) is 23.1 Å². The highest BCUT2D eigenvalue weighted by molar-refractivity contribution is 5.96. The predicted octanol–water partition coefficient (Wildman–Crippen LogP) is 2.44. The van der Waals surface area contributed by atoms with Crippen LogP contribution in [0.15, 0.2) is 52.2 Å². The Morgan fingerprint density at radius 1 is 1.03 bits per heavy atom. The summed E-state index contributed by atoms with van der Waals surface area (Å²) in [5, 5.41) is 0.293. The Labute approximate surface area is 167 Å². The van der Waals surface area contributed by atoms with Crippen molar-refractivity contribution in [3.8, 4) is 0 Å². The second kappa shape index (κ2) is 6.99. The molecule has 1 saturated heterocycles. The number of likely N-dealkylation sites (tertiary alicyclic amines) is 1. The third kappa shape index (κ3) is 3.26. The van der Waals surface area contributed by atoms with Gasteiger partial charge in [0.25, 0.3) is 11.5 Å². The Kier molecular flexibility index (Phi) is 4.30. The van der Waals surface area contributed by atoms with Gasteiger partial charge in [-0.05, 0) is 43.2 Å². The van der Waals surface area contributed by atoms with E-state index in [1.54, 1.807) is 6.07 Å². The van der Waals surface area contributed by atoms with Crippen molar-refractivity contribution in [3.63, 3.8) is 0 Å². The molecule has 5 rings (SSSR count). The van der Waals surface area contributed by atoms with Gasteiger partial charge in [0.1, 0.15) is 5.65 Å². The minimum atomic E-state index is -0.494. The van der Waals surface area contributed by atoms with Crippen LogP contribution in [0.2, 0.25) is 0 Å². The monoisotopic (exact) mass is 390 g/mol. The van der Waals surface area contributed by atoms with Gasteiger partial charge in [-0.1, -0.05) is 30.3 Å². The molecule has 29 heavy (non-hydrogen) atoms. The Morgan fingerprint density at radius 2 is 1.76 bits per heavy atom. The van der Waals surface area contributed by atoms with Crippen molar-refractivity contribution in [2.24, 2.45) is 0 Å². The quantitative estimate of drug-likeness (QED) is 0.744. The lowest BCUT2D eigenvalue weighted by atomic mass is 9.89. The van der Waals surface area contributed by atoms with Gasteiger partial charge in [0.2, 0.25) is 0 Å². The zero-order valence-corrected chi connectivity index (χ0v) is 16.0. The van der Waals surface area contributed by atoms with Gasteiger partial charge in [0.15, 0.2) is 0 Å². The first-order chi connectivity index (χ1) is 14.1. The highest BCUT2D eigenvalue weighted by Crippen LogP contribution is 2.34. The number of aromatic nitrogens is 3. The van der Waals surface area contributed by atoms with Crippen molar-refractivity contribution in [3.05, 3.63) is 74.6 Å². The van der Waals surface area contributed by atoms with Crippen LogP contribution in [0, 0.1) is 0 Å². The first-order valence-electron chi connectivity index (χ1n) is 10.1. The Bertz CT molecular complexity index is 1190. The molecule has 0 bridgehead atoms. The second-order valence-corrected chi connectivity index (χ2v) is 7.93. The number of hydrogen-bond donors (Lipinski definition) is 1. The molecular weight excluding hydrogens is 368 g/mol. The fourth-order valence-corrected chi connectivity index (χ4v) is 4.25. The second-order valence-electron chi connectivity index (χ2n) is 7.93. The lowest BCUT2D eigenvalue weighted by Gasteiger charge is -2.32. The average molecular weight is 390 g/mol. The van der Waals surface area contributed by atoms with Gasteiger partial charge in [-0.25, -0.2) is 9.78 Å². The molecule has 3 heterocycles. The van der Waals surface area contributed by atoms with Gasteiger partial charge in [-0.2, -0.15) is 0 Å².